The van der Waals surface area contributed by atoms with Crippen molar-refractivity contribution in [2.75, 3.05) is 5.75 Å². The first kappa shape index (κ1) is 11.4. The van der Waals surface area contributed by atoms with Gasteiger partial charge in [0.2, 0.25) is 0 Å². The topological polar surface area (TPSA) is 54.4 Å². The van der Waals surface area contributed by atoms with Crippen molar-refractivity contribution < 1.29 is 14.1 Å². The molecule has 0 unspecified atom stereocenters. The van der Waals surface area contributed by atoms with Gasteiger partial charge in [0.25, 0.3) is 0 Å². The van der Waals surface area contributed by atoms with E-state index in [0.29, 0.717) is 5.75 Å². The van der Waals surface area contributed by atoms with Gasteiger partial charge in [0.1, 0.15) is 5.75 Å². The Morgan fingerprint density at radius 2 is 1.93 bits per heavy atom. The Balaban J connectivity index is 2.56. The molecule has 0 aliphatic rings. The summed E-state index contributed by atoms with van der Waals surface area (Å²) in [6.07, 6.45) is 0. The minimum Gasteiger partial charge on any atom is -0.481 e. The zero-order chi connectivity index (χ0) is 10.6. The normalized spacial score (nSPS) is 12.4. The van der Waals surface area contributed by atoms with Gasteiger partial charge < -0.3 is 5.11 Å². The fourth-order valence-corrected chi connectivity index (χ4v) is 2.16. The maximum Gasteiger partial charge on any atom is 0.316 e. The van der Waals surface area contributed by atoms with Crippen LogP contribution >= 0.6 is 15.9 Å². The molecule has 0 bridgehead atoms. The van der Waals surface area contributed by atoms with Crippen LogP contribution in [-0.2, 0) is 21.3 Å². The zero-order valence-corrected chi connectivity index (χ0v) is 9.68. The van der Waals surface area contributed by atoms with Gasteiger partial charge in [0, 0.05) is 21.0 Å². The first-order valence-corrected chi connectivity index (χ1v) is 6.17. The third kappa shape index (κ3) is 4.02. The van der Waals surface area contributed by atoms with E-state index in [1.54, 1.807) is 0 Å². The van der Waals surface area contributed by atoms with Crippen LogP contribution in [0.1, 0.15) is 5.56 Å². The molecule has 0 aromatic heterocycles. The van der Waals surface area contributed by atoms with Gasteiger partial charge in [-0.15, -0.1) is 0 Å². The molecule has 0 amide bonds. The van der Waals surface area contributed by atoms with Gasteiger partial charge in [-0.2, -0.15) is 0 Å². The molecule has 0 spiro atoms. The molecule has 1 rings (SSSR count). The first-order chi connectivity index (χ1) is 6.58. The second-order valence-corrected chi connectivity index (χ2v) is 5.12. The van der Waals surface area contributed by atoms with Gasteiger partial charge in [-0.1, -0.05) is 28.1 Å². The van der Waals surface area contributed by atoms with Crippen LogP contribution in [-0.4, -0.2) is 21.0 Å². The predicted molar refractivity (Wildman–Crippen MR) is 58.5 cm³/mol. The van der Waals surface area contributed by atoms with Gasteiger partial charge in [0.05, 0.1) is 0 Å². The summed E-state index contributed by atoms with van der Waals surface area (Å²) in [5.41, 5.74) is 0.882. The number of carboxylic acid groups (broad SMARTS) is 1. The largest absolute Gasteiger partial charge is 0.481 e. The van der Waals surface area contributed by atoms with Crippen molar-refractivity contribution in [3.05, 3.63) is 34.3 Å². The van der Waals surface area contributed by atoms with Gasteiger partial charge >= 0.3 is 5.97 Å². The van der Waals surface area contributed by atoms with Crippen LogP contribution in [0.5, 0.6) is 0 Å². The number of carbonyl (C=O) groups is 1. The number of hydrogen-bond donors (Lipinski definition) is 1. The Bertz CT molecular complexity index is 348. The standard InChI is InChI=1S/C9H9BrO3S/c10-8-3-1-7(2-4-8)5-14(13)6-9(11)12/h1-4H,5-6H2,(H,11,12)/t14-/m0/s1. The highest BCUT2D eigenvalue weighted by molar-refractivity contribution is 9.10. The van der Waals surface area contributed by atoms with E-state index in [4.69, 9.17) is 5.11 Å². The minimum absolute atomic E-state index is 0.291. The Morgan fingerprint density at radius 3 is 2.43 bits per heavy atom. The van der Waals surface area contributed by atoms with Gasteiger partial charge in [-0.3, -0.25) is 9.00 Å². The smallest absolute Gasteiger partial charge is 0.316 e. The Labute approximate surface area is 92.7 Å². The zero-order valence-electron chi connectivity index (χ0n) is 7.27. The summed E-state index contributed by atoms with van der Waals surface area (Å²) >= 11 is 3.28. The summed E-state index contributed by atoms with van der Waals surface area (Å²) in [6, 6.07) is 7.33. The summed E-state index contributed by atoms with van der Waals surface area (Å²) in [6.45, 7) is 0. The van der Waals surface area contributed by atoms with E-state index in [-0.39, 0.29) is 5.75 Å². The lowest BCUT2D eigenvalue weighted by atomic mass is 10.2. The van der Waals surface area contributed by atoms with E-state index in [1.165, 1.54) is 0 Å². The van der Waals surface area contributed by atoms with Gasteiger partial charge in [0.15, 0.2) is 0 Å². The molecule has 0 radical (unpaired) electrons. The molecule has 1 aromatic rings. The molecule has 0 aliphatic carbocycles. The van der Waals surface area contributed by atoms with Crippen LogP contribution in [0.2, 0.25) is 0 Å². The van der Waals surface area contributed by atoms with Crippen molar-refractivity contribution in [1.29, 1.82) is 0 Å². The lowest BCUT2D eigenvalue weighted by Gasteiger charge is -1.99. The number of aliphatic carboxylic acids is 1. The summed E-state index contributed by atoms with van der Waals surface area (Å²) in [7, 11) is -1.32. The highest BCUT2D eigenvalue weighted by Gasteiger charge is 2.06. The van der Waals surface area contributed by atoms with E-state index in [0.717, 1.165) is 10.0 Å². The maximum atomic E-state index is 11.2. The fraction of sp³-hybridized carbons (Fsp3) is 0.222. The molecule has 0 aliphatic heterocycles. The molecule has 0 fully saturated rings. The Kier molecular flexibility index (Phi) is 4.28. The van der Waals surface area contributed by atoms with Crippen LogP contribution < -0.4 is 0 Å². The molecule has 5 heteroatoms. The monoisotopic (exact) mass is 276 g/mol. The average Bonchev–Trinajstić information content (AvgIpc) is 2.07. The maximum absolute atomic E-state index is 11.2. The number of halogens is 1. The molecule has 0 saturated heterocycles. The second-order valence-electron chi connectivity index (χ2n) is 2.75. The molecular formula is C9H9BrO3S. The van der Waals surface area contributed by atoms with Crippen LogP contribution in [0, 0.1) is 0 Å². The summed E-state index contributed by atoms with van der Waals surface area (Å²) in [4.78, 5) is 10.3. The van der Waals surface area contributed by atoms with Crippen molar-refractivity contribution in [2.45, 2.75) is 5.75 Å². The first-order valence-electron chi connectivity index (χ1n) is 3.89. The van der Waals surface area contributed by atoms with Gasteiger partial charge in [-0.05, 0) is 17.7 Å². The lowest BCUT2D eigenvalue weighted by molar-refractivity contribution is -0.133. The molecule has 3 nitrogen and oxygen atoms in total. The second kappa shape index (κ2) is 5.26. The number of benzene rings is 1. The molecule has 0 heterocycles. The molecule has 1 N–H and O–H groups in total. The lowest BCUT2D eigenvalue weighted by Crippen LogP contribution is -2.10. The van der Waals surface area contributed by atoms with Crippen molar-refractivity contribution in [1.82, 2.24) is 0 Å². The fourth-order valence-electron chi connectivity index (χ4n) is 0.955. The van der Waals surface area contributed by atoms with Crippen LogP contribution in [0.4, 0.5) is 0 Å². The highest BCUT2D eigenvalue weighted by Crippen LogP contribution is 2.11. The molecule has 76 valence electrons. The third-order valence-electron chi connectivity index (χ3n) is 1.53. The quantitative estimate of drug-likeness (QED) is 0.912. The predicted octanol–water partition coefficient (Wildman–Crippen LogP) is 1.78. The van der Waals surface area contributed by atoms with E-state index in [9.17, 15) is 9.00 Å². The Hall–Kier alpha value is -0.680. The number of hydrogen-bond acceptors (Lipinski definition) is 2. The molecule has 1 aromatic carbocycles. The van der Waals surface area contributed by atoms with Crippen LogP contribution in [0.3, 0.4) is 0 Å². The summed E-state index contributed by atoms with van der Waals surface area (Å²) in [5.74, 6) is -1.03. The summed E-state index contributed by atoms with van der Waals surface area (Å²) in [5, 5.41) is 8.41. The van der Waals surface area contributed by atoms with E-state index in [2.05, 4.69) is 15.9 Å². The summed E-state index contributed by atoms with van der Waals surface area (Å²) < 4.78 is 12.2. The van der Waals surface area contributed by atoms with Crippen molar-refractivity contribution >= 4 is 32.7 Å². The van der Waals surface area contributed by atoms with E-state index >= 15 is 0 Å². The number of rotatable bonds is 4. The van der Waals surface area contributed by atoms with E-state index in [1.807, 2.05) is 24.3 Å². The molecule has 14 heavy (non-hydrogen) atoms. The molecule has 0 saturated carbocycles. The highest BCUT2D eigenvalue weighted by atomic mass is 79.9. The molecular weight excluding hydrogens is 268 g/mol. The number of carboxylic acids is 1. The van der Waals surface area contributed by atoms with E-state index < -0.39 is 16.8 Å². The molecule has 1 atom stereocenters. The van der Waals surface area contributed by atoms with Crippen LogP contribution in [0.25, 0.3) is 0 Å². The van der Waals surface area contributed by atoms with Crippen molar-refractivity contribution in [2.24, 2.45) is 0 Å². The third-order valence-corrected chi connectivity index (χ3v) is 3.28. The van der Waals surface area contributed by atoms with Crippen molar-refractivity contribution in [3.63, 3.8) is 0 Å². The van der Waals surface area contributed by atoms with Crippen LogP contribution in [0.15, 0.2) is 28.7 Å². The average molecular weight is 277 g/mol. The van der Waals surface area contributed by atoms with Gasteiger partial charge in [-0.25, -0.2) is 0 Å². The SMILES string of the molecule is O=C(O)C[S@@](=O)Cc1ccc(Br)cc1. The Morgan fingerprint density at radius 1 is 1.36 bits per heavy atom. The minimum atomic E-state index is -1.32. The van der Waals surface area contributed by atoms with Crippen molar-refractivity contribution in [3.8, 4) is 0 Å².